The molecule has 7 nitrogen and oxygen atoms in total. The Morgan fingerprint density at radius 3 is 2.19 bits per heavy atom. The number of nitrogens with zero attached hydrogens (tertiary/aromatic N) is 1. The molecule has 3 amide bonds. The Hall–Kier alpha value is -3.01. The van der Waals surface area contributed by atoms with Crippen LogP contribution >= 0.6 is 0 Å². The normalized spacial score (nSPS) is 13.0. The van der Waals surface area contributed by atoms with E-state index in [9.17, 15) is 14.4 Å². The van der Waals surface area contributed by atoms with Crippen molar-refractivity contribution in [2.75, 3.05) is 6.54 Å². The molecule has 1 aromatic rings. The molecule has 0 aliphatic carbocycles. The fraction of sp³-hybridized carbons (Fsp3) is 0.621. The van der Waals surface area contributed by atoms with Gasteiger partial charge < -0.3 is 20.3 Å². The van der Waals surface area contributed by atoms with Crippen molar-refractivity contribution in [3.63, 3.8) is 0 Å². The minimum Gasteiger partial charge on any atom is -0.444 e. The number of carbonyl (C=O) groups excluding carboxylic acids is 3. The van der Waals surface area contributed by atoms with Crippen LogP contribution < -0.4 is 10.6 Å². The van der Waals surface area contributed by atoms with Crippen molar-refractivity contribution < 1.29 is 19.1 Å². The largest absolute Gasteiger partial charge is 0.444 e. The van der Waals surface area contributed by atoms with E-state index < -0.39 is 23.8 Å². The molecule has 0 saturated heterocycles. The van der Waals surface area contributed by atoms with E-state index in [0.29, 0.717) is 17.7 Å². The Balaban J connectivity index is 3.53. The SMILES string of the molecule is C#Cc1ccccc1C(C(=O)NC(C)C)N(CCCCCC)C(=O)C(NC(=O)OC(C)(C)C)C(C)C. The van der Waals surface area contributed by atoms with Crippen LogP contribution in [-0.2, 0) is 14.3 Å². The summed E-state index contributed by atoms with van der Waals surface area (Å²) in [6, 6.07) is 5.24. The monoisotopic (exact) mass is 499 g/mol. The average molecular weight is 500 g/mol. The quantitative estimate of drug-likeness (QED) is 0.306. The number of rotatable bonds is 12. The van der Waals surface area contributed by atoms with Gasteiger partial charge in [-0.2, -0.15) is 0 Å². The Labute approximate surface area is 217 Å². The van der Waals surface area contributed by atoms with Gasteiger partial charge in [0.15, 0.2) is 0 Å². The van der Waals surface area contributed by atoms with E-state index in [2.05, 4.69) is 23.5 Å². The first kappa shape index (κ1) is 31.0. The fourth-order valence-electron chi connectivity index (χ4n) is 3.88. The van der Waals surface area contributed by atoms with E-state index in [4.69, 9.17) is 11.2 Å². The third kappa shape index (κ3) is 9.93. The van der Waals surface area contributed by atoms with Crippen molar-refractivity contribution in [3.05, 3.63) is 35.4 Å². The summed E-state index contributed by atoms with van der Waals surface area (Å²) in [6.07, 6.45) is 8.81. The summed E-state index contributed by atoms with van der Waals surface area (Å²) in [5, 5.41) is 5.70. The summed E-state index contributed by atoms with van der Waals surface area (Å²) < 4.78 is 5.42. The Morgan fingerprint density at radius 1 is 1.03 bits per heavy atom. The number of hydrogen-bond acceptors (Lipinski definition) is 4. The summed E-state index contributed by atoms with van der Waals surface area (Å²) in [6.45, 7) is 15.2. The van der Waals surface area contributed by atoms with Crippen molar-refractivity contribution in [1.29, 1.82) is 0 Å². The van der Waals surface area contributed by atoms with Gasteiger partial charge in [-0.05, 0) is 58.6 Å². The Bertz CT molecular complexity index is 912. The first-order chi connectivity index (χ1) is 16.8. The zero-order valence-corrected chi connectivity index (χ0v) is 23.3. The molecule has 36 heavy (non-hydrogen) atoms. The number of alkyl carbamates (subject to hydrolysis) is 1. The molecule has 0 aliphatic rings. The van der Waals surface area contributed by atoms with Crippen molar-refractivity contribution in [2.45, 2.75) is 105 Å². The van der Waals surface area contributed by atoms with Crippen LogP contribution in [0.15, 0.2) is 24.3 Å². The predicted octanol–water partition coefficient (Wildman–Crippen LogP) is 5.19. The Morgan fingerprint density at radius 2 is 1.67 bits per heavy atom. The van der Waals surface area contributed by atoms with Gasteiger partial charge in [0.2, 0.25) is 11.8 Å². The number of nitrogens with one attached hydrogen (secondary N) is 2. The number of unbranched alkanes of at least 4 members (excludes halogenated alkanes) is 3. The number of terminal acetylenes is 1. The number of carbonyl (C=O) groups is 3. The molecular formula is C29H45N3O4. The summed E-state index contributed by atoms with van der Waals surface area (Å²) >= 11 is 0. The zero-order valence-electron chi connectivity index (χ0n) is 23.3. The molecule has 0 fully saturated rings. The number of benzene rings is 1. The molecule has 0 bridgehead atoms. The van der Waals surface area contributed by atoms with Crippen LogP contribution in [0, 0.1) is 18.3 Å². The molecule has 0 heterocycles. The molecular weight excluding hydrogens is 454 g/mol. The van der Waals surface area contributed by atoms with E-state index in [0.717, 1.165) is 25.7 Å². The average Bonchev–Trinajstić information content (AvgIpc) is 2.77. The number of ether oxygens (including phenoxy) is 1. The smallest absolute Gasteiger partial charge is 0.408 e. The van der Waals surface area contributed by atoms with E-state index >= 15 is 0 Å². The van der Waals surface area contributed by atoms with Gasteiger partial charge in [0.1, 0.15) is 17.7 Å². The van der Waals surface area contributed by atoms with Crippen LogP contribution in [0.1, 0.15) is 98.2 Å². The molecule has 2 N–H and O–H groups in total. The van der Waals surface area contributed by atoms with Gasteiger partial charge in [-0.25, -0.2) is 4.79 Å². The van der Waals surface area contributed by atoms with Gasteiger partial charge in [0, 0.05) is 18.2 Å². The standard InChI is InChI=1S/C29H45N3O4/c1-10-12-13-16-19-32(27(34)24(20(3)4)31-28(35)36-29(7,8)9)25(26(33)30-21(5)6)23-18-15-14-17-22(23)11-2/h2,14-15,17-18,20-21,24-25H,10,12-13,16,19H2,1,3-9H3,(H,30,33)(H,31,35). The van der Waals surface area contributed by atoms with Gasteiger partial charge in [-0.15, -0.1) is 6.42 Å². The van der Waals surface area contributed by atoms with E-state index in [1.165, 1.54) is 0 Å². The van der Waals surface area contributed by atoms with Crippen molar-refractivity contribution in [3.8, 4) is 12.3 Å². The van der Waals surface area contributed by atoms with E-state index in [1.807, 2.05) is 39.8 Å². The maximum atomic E-state index is 14.1. The molecule has 0 spiro atoms. The topological polar surface area (TPSA) is 87.7 Å². The molecule has 7 heteroatoms. The predicted molar refractivity (Wildman–Crippen MR) is 144 cm³/mol. The van der Waals surface area contributed by atoms with Gasteiger partial charge in [-0.3, -0.25) is 9.59 Å². The van der Waals surface area contributed by atoms with Gasteiger partial charge in [0.25, 0.3) is 0 Å². The molecule has 200 valence electrons. The minimum absolute atomic E-state index is 0.129. The highest BCUT2D eigenvalue weighted by molar-refractivity contribution is 5.92. The van der Waals surface area contributed by atoms with Crippen molar-refractivity contribution in [1.82, 2.24) is 15.5 Å². The van der Waals surface area contributed by atoms with Crippen LogP contribution in [0.25, 0.3) is 0 Å². The summed E-state index contributed by atoms with van der Waals surface area (Å²) in [5.74, 6) is 1.77. The third-order valence-corrected chi connectivity index (χ3v) is 5.54. The Kier molecular flexibility index (Phi) is 12.5. The molecule has 0 radical (unpaired) electrons. The van der Waals surface area contributed by atoms with Crippen LogP contribution in [-0.4, -0.2) is 47.0 Å². The van der Waals surface area contributed by atoms with Crippen molar-refractivity contribution >= 4 is 17.9 Å². The third-order valence-electron chi connectivity index (χ3n) is 5.54. The van der Waals surface area contributed by atoms with Crippen LogP contribution in [0.4, 0.5) is 4.79 Å². The fourth-order valence-corrected chi connectivity index (χ4v) is 3.88. The summed E-state index contributed by atoms with van der Waals surface area (Å²) in [4.78, 5) is 41.8. The lowest BCUT2D eigenvalue weighted by Crippen LogP contribution is -2.55. The first-order valence-electron chi connectivity index (χ1n) is 13.0. The lowest BCUT2D eigenvalue weighted by Gasteiger charge is -2.36. The second kappa shape index (κ2) is 14.5. The molecule has 0 aromatic heterocycles. The first-order valence-corrected chi connectivity index (χ1v) is 13.0. The maximum Gasteiger partial charge on any atom is 0.408 e. The second-order valence-corrected chi connectivity index (χ2v) is 10.8. The molecule has 2 unspecified atom stereocenters. The molecule has 0 saturated carbocycles. The zero-order chi connectivity index (χ0) is 27.5. The van der Waals surface area contributed by atoms with Gasteiger partial charge in [-0.1, -0.05) is 64.2 Å². The lowest BCUT2D eigenvalue weighted by atomic mass is 9.95. The second-order valence-electron chi connectivity index (χ2n) is 10.8. The van der Waals surface area contributed by atoms with E-state index in [-0.39, 0.29) is 23.8 Å². The van der Waals surface area contributed by atoms with Gasteiger partial charge in [0.05, 0.1) is 0 Å². The molecule has 1 aromatic carbocycles. The number of amides is 3. The molecule has 2 atom stereocenters. The molecule has 1 rings (SSSR count). The highest BCUT2D eigenvalue weighted by Gasteiger charge is 2.38. The maximum absolute atomic E-state index is 14.1. The van der Waals surface area contributed by atoms with Crippen LogP contribution in [0.2, 0.25) is 0 Å². The van der Waals surface area contributed by atoms with E-state index in [1.54, 1.807) is 37.8 Å². The van der Waals surface area contributed by atoms with Crippen molar-refractivity contribution in [2.24, 2.45) is 5.92 Å². The van der Waals surface area contributed by atoms with Gasteiger partial charge >= 0.3 is 6.09 Å². The number of hydrogen-bond donors (Lipinski definition) is 2. The highest BCUT2D eigenvalue weighted by atomic mass is 16.6. The highest BCUT2D eigenvalue weighted by Crippen LogP contribution is 2.27. The summed E-state index contributed by atoms with van der Waals surface area (Å²) in [7, 11) is 0. The van der Waals surface area contributed by atoms with Crippen LogP contribution in [0.5, 0.6) is 0 Å². The minimum atomic E-state index is -0.935. The summed E-state index contributed by atoms with van der Waals surface area (Å²) in [5.41, 5.74) is 0.427. The molecule has 0 aliphatic heterocycles. The lowest BCUT2D eigenvalue weighted by molar-refractivity contribution is -0.143. The van der Waals surface area contributed by atoms with Crippen LogP contribution in [0.3, 0.4) is 0 Å².